The number of H-pyrrole nitrogens is 1. The van der Waals surface area contributed by atoms with Gasteiger partial charge in [-0.25, -0.2) is 8.42 Å². The number of aromatic amines is 1. The quantitative estimate of drug-likeness (QED) is 0.319. The first-order valence-corrected chi connectivity index (χ1v) is 13.2. The van der Waals surface area contributed by atoms with Crippen LogP contribution in [-0.4, -0.2) is 52.7 Å². The average molecular weight is 500 g/mol. The van der Waals surface area contributed by atoms with Crippen molar-refractivity contribution in [1.29, 1.82) is 0 Å². The minimum atomic E-state index is -3.50. The number of para-hydroxylation sites is 1. The van der Waals surface area contributed by atoms with E-state index >= 15 is 0 Å². The van der Waals surface area contributed by atoms with E-state index in [-0.39, 0.29) is 23.1 Å². The SMILES string of the molecule is CCN(CC)S(=O)(=O)c1ccc(CNC(=O)CSc2nnc(-c3c[nH]c4ccccc34)o2)cc1. The standard InChI is InChI=1S/C23H25N5O4S2/c1-3-28(4-2)34(30,31)17-11-9-16(10-12-17)13-25-21(29)15-33-23-27-26-22(32-23)19-14-24-20-8-6-5-7-18(19)20/h5-12,14,24H,3-4,13,15H2,1-2H3,(H,25,29). The number of aromatic nitrogens is 3. The zero-order valence-corrected chi connectivity index (χ0v) is 20.4. The topological polar surface area (TPSA) is 121 Å². The van der Waals surface area contributed by atoms with Gasteiger partial charge < -0.3 is 14.7 Å². The van der Waals surface area contributed by atoms with Crippen molar-refractivity contribution < 1.29 is 17.6 Å². The summed E-state index contributed by atoms with van der Waals surface area (Å²) >= 11 is 1.15. The molecule has 0 saturated heterocycles. The van der Waals surface area contributed by atoms with E-state index < -0.39 is 10.0 Å². The molecule has 2 N–H and O–H groups in total. The molecule has 0 spiro atoms. The summed E-state index contributed by atoms with van der Waals surface area (Å²) in [5, 5.41) is 12.2. The molecule has 4 aromatic rings. The Balaban J connectivity index is 1.30. The lowest BCUT2D eigenvalue weighted by atomic mass is 10.2. The predicted molar refractivity (Wildman–Crippen MR) is 131 cm³/mol. The van der Waals surface area contributed by atoms with E-state index in [9.17, 15) is 13.2 Å². The average Bonchev–Trinajstić information content (AvgIpc) is 3.49. The molecule has 2 aromatic carbocycles. The molecular formula is C23H25N5O4S2. The van der Waals surface area contributed by atoms with E-state index in [0.29, 0.717) is 24.2 Å². The highest BCUT2D eigenvalue weighted by Gasteiger charge is 2.21. The third kappa shape index (κ3) is 5.16. The molecule has 2 aromatic heterocycles. The highest BCUT2D eigenvalue weighted by Crippen LogP contribution is 2.29. The monoisotopic (exact) mass is 499 g/mol. The maximum absolute atomic E-state index is 12.6. The summed E-state index contributed by atoms with van der Waals surface area (Å²) < 4.78 is 32.2. The largest absolute Gasteiger partial charge is 0.411 e. The van der Waals surface area contributed by atoms with Gasteiger partial charge in [-0.3, -0.25) is 4.79 Å². The molecule has 9 nitrogen and oxygen atoms in total. The minimum absolute atomic E-state index is 0.115. The van der Waals surface area contributed by atoms with E-state index in [0.717, 1.165) is 33.8 Å². The van der Waals surface area contributed by atoms with E-state index in [1.54, 1.807) is 38.1 Å². The fourth-order valence-electron chi connectivity index (χ4n) is 3.50. The predicted octanol–water partition coefficient (Wildman–Crippen LogP) is 3.66. The third-order valence-corrected chi connectivity index (χ3v) is 8.19. The van der Waals surface area contributed by atoms with Gasteiger partial charge in [-0.1, -0.05) is 55.9 Å². The number of fused-ring (bicyclic) bond motifs is 1. The molecule has 34 heavy (non-hydrogen) atoms. The molecule has 0 aliphatic carbocycles. The Morgan fingerprint density at radius 3 is 2.56 bits per heavy atom. The van der Waals surface area contributed by atoms with Gasteiger partial charge in [0.15, 0.2) is 0 Å². The van der Waals surface area contributed by atoms with Crippen molar-refractivity contribution >= 4 is 38.6 Å². The molecule has 178 valence electrons. The van der Waals surface area contributed by atoms with Gasteiger partial charge in [0.1, 0.15) is 0 Å². The van der Waals surface area contributed by atoms with Crippen LogP contribution < -0.4 is 5.32 Å². The zero-order chi connectivity index (χ0) is 24.1. The molecule has 0 saturated carbocycles. The lowest BCUT2D eigenvalue weighted by Gasteiger charge is -2.18. The molecule has 11 heteroatoms. The number of amides is 1. The molecule has 0 aliphatic rings. The third-order valence-electron chi connectivity index (χ3n) is 5.31. The summed E-state index contributed by atoms with van der Waals surface area (Å²) in [5.74, 6) is 0.306. The molecular weight excluding hydrogens is 474 g/mol. The van der Waals surface area contributed by atoms with E-state index in [4.69, 9.17) is 4.42 Å². The van der Waals surface area contributed by atoms with Crippen LogP contribution in [0.2, 0.25) is 0 Å². The number of rotatable bonds is 10. The Morgan fingerprint density at radius 1 is 1.09 bits per heavy atom. The summed E-state index contributed by atoms with van der Waals surface area (Å²) in [6.45, 7) is 4.73. The van der Waals surface area contributed by atoms with Gasteiger partial charge in [-0.2, -0.15) is 4.31 Å². The zero-order valence-electron chi connectivity index (χ0n) is 18.8. The Bertz CT molecular complexity index is 1380. The fraction of sp³-hybridized carbons (Fsp3) is 0.261. The maximum Gasteiger partial charge on any atom is 0.277 e. The van der Waals surface area contributed by atoms with Crippen LogP contribution in [0.4, 0.5) is 0 Å². The summed E-state index contributed by atoms with van der Waals surface area (Å²) in [6.07, 6.45) is 1.82. The summed E-state index contributed by atoms with van der Waals surface area (Å²) in [5.41, 5.74) is 2.59. The molecule has 0 fully saturated rings. The van der Waals surface area contributed by atoms with Gasteiger partial charge in [-0.15, -0.1) is 10.2 Å². The summed E-state index contributed by atoms with van der Waals surface area (Å²) in [6, 6.07) is 14.4. The Labute approximate surface area is 202 Å². The maximum atomic E-state index is 12.6. The van der Waals surface area contributed by atoms with Crippen molar-refractivity contribution in [2.24, 2.45) is 0 Å². The Hall–Kier alpha value is -3.15. The van der Waals surface area contributed by atoms with Crippen LogP contribution in [-0.2, 0) is 21.4 Å². The molecule has 0 unspecified atom stereocenters. The number of sulfonamides is 1. The first kappa shape index (κ1) is 24.0. The Kier molecular flexibility index (Phi) is 7.35. The first-order chi connectivity index (χ1) is 16.4. The lowest BCUT2D eigenvalue weighted by Crippen LogP contribution is -2.30. The fourth-order valence-corrected chi connectivity index (χ4v) is 5.55. The number of thioether (sulfide) groups is 1. The van der Waals surface area contributed by atoms with Gasteiger partial charge >= 0.3 is 0 Å². The van der Waals surface area contributed by atoms with Gasteiger partial charge in [0, 0.05) is 36.7 Å². The van der Waals surface area contributed by atoms with Gasteiger partial charge in [0.2, 0.25) is 15.9 Å². The number of carbonyl (C=O) groups excluding carboxylic acids is 1. The van der Waals surface area contributed by atoms with Crippen LogP contribution in [0.15, 0.2) is 69.3 Å². The molecule has 0 atom stereocenters. The molecule has 0 bridgehead atoms. The van der Waals surface area contributed by atoms with Crippen LogP contribution in [0, 0.1) is 0 Å². The van der Waals surface area contributed by atoms with E-state index in [2.05, 4.69) is 20.5 Å². The molecule has 2 heterocycles. The number of nitrogens with zero attached hydrogens (tertiary/aromatic N) is 3. The van der Waals surface area contributed by atoms with E-state index in [1.165, 1.54) is 4.31 Å². The molecule has 0 aliphatic heterocycles. The molecule has 4 rings (SSSR count). The molecule has 0 radical (unpaired) electrons. The second kappa shape index (κ2) is 10.4. The van der Waals surface area contributed by atoms with Crippen molar-refractivity contribution in [3.8, 4) is 11.5 Å². The lowest BCUT2D eigenvalue weighted by molar-refractivity contribution is -0.118. The van der Waals surface area contributed by atoms with Crippen molar-refractivity contribution in [2.75, 3.05) is 18.8 Å². The summed E-state index contributed by atoms with van der Waals surface area (Å²) in [7, 11) is -3.50. The van der Waals surface area contributed by atoms with Crippen LogP contribution >= 0.6 is 11.8 Å². The van der Waals surface area contributed by atoms with E-state index in [1.807, 2.05) is 30.5 Å². The molecule has 1 amide bonds. The number of nitrogens with one attached hydrogen (secondary N) is 2. The van der Waals surface area contributed by atoms with Crippen molar-refractivity contribution in [3.05, 3.63) is 60.3 Å². The van der Waals surface area contributed by atoms with Crippen molar-refractivity contribution in [1.82, 2.24) is 24.8 Å². The number of hydrogen-bond donors (Lipinski definition) is 2. The number of carbonyl (C=O) groups is 1. The second-order valence-corrected chi connectivity index (χ2v) is 10.3. The van der Waals surface area contributed by atoms with Crippen LogP contribution in [0.3, 0.4) is 0 Å². The summed E-state index contributed by atoms with van der Waals surface area (Å²) in [4.78, 5) is 15.7. The second-order valence-electron chi connectivity index (χ2n) is 7.42. The normalized spacial score (nSPS) is 11.9. The highest BCUT2D eigenvalue weighted by molar-refractivity contribution is 7.99. The first-order valence-electron chi connectivity index (χ1n) is 10.8. The van der Waals surface area contributed by atoms with Crippen molar-refractivity contribution in [3.63, 3.8) is 0 Å². The minimum Gasteiger partial charge on any atom is -0.411 e. The van der Waals surface area contributed by atoms with Crippen LogP contribution in [0.5, 0.6) is 0 Å². The Morgan fingerprint density at radius 2 is 1.82 bits per heavy atom. The van der Waals surface area contributed by atoms with Crippen LogP contribution in [0.1, 0.15) is 19.4 Å². The van der Waals surface area contributed by atoms with Gasteiger partial charge in [-0.05, 0) is 23.8 Å². The van der Waals surface area contributed by atoms with Gasteiger partial charge in [0.25, 0.3) is 11.1 Å². The highest BCUT2D eigenvalue weighted by atomic mass is 32.2. The van der Waals surface area contributed by atoms with Crippen molar-refractivity contribution in [2.45, 2.75) is 30.5 Å². The smallest absolute Gasteiger partial charge is 0.277 e. The van der Waals surface area contributed by atoms with Crippen LogP contribution in [0.25, 0.3) is 22.4 Å². The number of benzene rings is 2. The van der Waals surface area contributed by atoms with Gasteiger partial charge in [0.05, 0.1) is 16.2 Å². The number of hydrogen-bond acceptors (Lipinski definition) is 7.